The molecule has 0 atom stereocenters. The van der Waals surface area contributed by atoms with Crippen molar-refractivity contribution in [1.82, 2.24) is 15.2 Å². The molecule has 1 heterocycles. The van der Waals surface area contributed by atoms with E-state index in [0.717, 1.165) is 12.1 Å². The van der Waals surface area contributed by atoms with Crippen molar-refractivity contribution in [2.75, 3.05) is 5.73 Å². The minimum atomic E-state index is -4.41. The van der Waals surface area contributed by atoms with Gasteiger partial charge in [0.05, 0.1) is 5.56 Å². The highest BCUT2D eigenvalue weighted by atomic mass is 19.4. The molecule has 3 rings (SSSR count). The number of H-pyrrole nitrogens is 1. The van der Waals surface area contributed by atoms with Crippen LogP contribution < -0.4 is 10.5 Å². The van der Waals surface area contributed by atoms with Gasteiger partial charge < -0.3 is 10.5 Å². The number of nitrogen functional groups attached to an aromatic ring is 1. The number of hydrogen-bond donors (Lipinski definition) is 2. The predicted molar refractivity (Wildman–Crippen MR) is 82.0 cm³/mol. The molecule has 24 heavy (non-hydrogen) atoms. The Labute approximate surface area is 135 Å². The molecule has 0 amide bonds. The second-order valence-corrected chi connectivity index (χ2v) is 5.05. The van der Waals surface area contributed by atoms with Gasteiger partial charge in [0, 0.05) is 17.3 Å². The van der Waals surface area contributed by atoms with Gasteiger partial charge in [-0.25, -0.2) is 4.98 Å². The van der Waals surface area contributed by atoms with Crippen LogP contribution in [-0.4, -0.2) is 15.2 Å². The zero-order valence-electron chi connectivity index (χ0n) is 12.3. The fourth-order valence-electron chi connectivity index (χ4n) is 2.08. The first-order valence-corrected chi connectivity index (χ1v) is 6.99. The van der Waals surface area contributed by atoms with Crippen LogP contribution in [0.4, 0.5) is 18.9 Å². The average Bonchev–Trinajstić information content (AvgIpc) is 3.01. The SMILES string of the molecule is Nc1cccc(OCc2nc(-c3cccc(C(F)(F)F)c3)n[nH]2)c1. The number of benzene rings is 2. The van der Waals surface area contributed by atoms with Crippen LogP contribution in [0.15, 0.2) is 48.5 Å². The Morgan fingerprint density at radius 2 is 1.88 bits per heavy atom. The van der Waals surface area contributed by atoms with Crippen LogP contribution >= 0.6 is 0 Å². The molecule has 3 N–H and O–H groups in total. The summed E-state index contributed by atoms with van der Waals surface area (Å²) in [7, 11) is 0. The van der Waals surface area contributed by atoms with E-state index in [2.05, 4.69) is 15.2 Å². The normalized spacial score (nSPS) is 11.5. The minimum absolute atomic E-state index is 0.0927. The molecule has 1 aromatic heterocycles. The highest BCUT2D eigenvalue weighted by molar-refractivity contribution is 5.56. The second kappa shape index (κ2) is 6.23. The third-order valence-corrected chi connectivity index (χ3v) is 3.21. The Balaban J connectivity index is 1.74. The molecule has 0 saturated heterocycles. The van der Waals surface area contributed by atoms with E-state index in [-0.39, 0.29) is 18.0 Å². The van der Waals surface area contributed by atoms with E-state index in [1.807, 2.05) is 0 Å². The van der Waals surface area contributed by atoms with Gasteiger partial charge in [-0.05, 0) is 24.3 Å². The lowest BCUT2D eigenvalue weighted by Gasteiger charge is -2.06. The van der Waals surface area contributed by atoms with Gasteiger partial charge >= 0.3 is 6.18 Å². The molecule has 0 bridgehead atoms. The molecule has 2 aromatic carbocycles. The molecule has 0 fully saturated rings. The summed E-state index contributed by atoms with van der Waals surface area (Å²) in [5, 5.41) is 6.58. The molecule has 0 unspecified atom stereocenters. The molecule has 0 saturated carbocycles. The second-order valence-electron chi connectivity index (χ2n) is 5.05. The molecule has 3 aromatic rings. The minimum Gasteiger partial charge on any atom is -0.486 e. The summed E-state index contributed by atoms with van der Waals surface area (Å²) in [6, 6.07) is 11.7. The van der Waals surface area contributed by atoms with E-state index in [0.29, 0.717) is 17.3 Å². The largest absolute Gasteiger partial charge is 0.486 e. The summed E-state index contributed by atoms with van der Waals surface area (Å²) in [5.74, 6) is 1.13. The number of nitrogens with one attached hydrogen (secondary N) is 1. The van der Waals surface area contributed by atoms with Crippen molar-refractivity contribution >= 4 is 5.69 Å². The Bertz CT molecular complexity index is 845. The van der Waals surface area contributed by atoms with Crippen LogP contribution in [0, 0.1) is 0 Å². The Morgan fingerprint density at radius 1 is 1.08 bits per heavy atom. The number of anilines is 1. The highest BCUT2D eigenvalue weighted by Gasteiger charge is 2.30. The topological polar surface area (TPSA) is 76.8 Å². The van der Waals surface area contributed by atoms with Gasteiger partial charge in [-0.1, -0.05) is 18.2 Å². The van der Waals surface area contributed by atoms with Gasteiger partial charge in [0.2, 0.25) is 0 Å². The van der Waals surface area contributed by atoms with Gasteiger partial charge in [0.1, 0.15) is 12.4 Å². The molecule has 0 radical (unpaired) electrons. The monoisotopic (exact) mass is 334 g/mol. The molecule has 0 aliphatic heterocycles. The number of nitrogens with two attached hydrogens (primary N) is 1. The summed E-state index contributed by atoms with van der Waals surface area (Å²) >= 11 is 0. The molecule has 0 spiro atoms. The van der Waals surface area contributed by atoms with Crippen LogP contribution in [0.5, 0.6) is 5.75 Å². The fourth-order valence-corrected chi connectivity index (χ4v) is 2.08. The maximum atomic E-state index is 12.8. The highest BCUT2D eigenvalue weighted by Crippen LogP contribution is 2.31. The first-order chi connectivity index (χ1) is 11.4. The van der Waals surface area contributed by atoms with Gasteiger partial charge in [0.15, 0.2) is 11.6 Å². The van der Waals surface area contributed by atoms with Crippen molar-refractivity contribution in [2.24, 2.45) is 0 Å². The van der Waals surface area contributed by atoms with Crippen molar-refractivity contribution in [3.8, 4) is 17.1 Å². The molecule has 0 aliphatic carbocycles. The van der Waals surface area contributed by atoms with Crippen molar-refractivity contribution in [2.45, 2.75) is 12.8 Å². The third kappa shape index (κ3) is 3.65. The quantitative estimate of drug-likeness (QED) is 0.714. The Morgan fingerprint density at radius 3 is 2.62 bits per heavy atom. The fraction of sp³-hybridized carbons (Fsp3) is 0.125. The van der Waals surface area contributed by atoms with Gasteiger partial charge in [0.25, 0.3) is 0 Å². The standard InChI is InChI=1S/C16H13F3N4O/c17-16(18,19)11-4-1-3-10(7-11)15-21-14(22-23-15)9-24-13-6-2-5-12(20)8-13/h1-8H,9,20H2,(H,21,22,23). The maximum absolute atomic E-state index is 12.8. The third-order valence-electron chi connectivity index (χ3n) is 3.21. The lowest BCUT2D eigenvalue weighted by Crippen LogP contribution is -2.04. The van der Waals surface area contributed by atoms with Crippen molar-refractivity contribution < 1.29 is 17.9 Å². The zero-order valence-corrected chi connectivity index (χ0v) is 12.3. The van der Waals surface area contributed by atoms with Gasteiger partial charge in [-0.2, -0.15) is 18.3 Å². The van der Waals surface area contributed by atoms with Crippen molar-refractivity contribution in [1.29, 1.82) is 0 Å². The van der Waals surface area contributed by atoms with Crippen molar-refractivity contribution in [3.05, 3.63) is 59.9 Å². The smallest absolute Gasteiger partial charge is 0.416 e. The van der Waals surface area contributed by atoms with E-state index >= 15 is 0 Å². The van der Waals surface area contributed by atoms with Crippen LogP contribution in [0.3, 0.4) is 0 Å². The Kier molecular flexibility index (Phi) is 4.11. The number of ether oxygens (including phenoxy) is 1. The molecule has 124 valence electrons. The molecular formula is C16H13F3N4O. The summed E-state index contributed by atoms with van der Waals surface area (Å²) in [4.78, 5) is 4.15. The number of hydrogen-bond acceptors (Lipinski definition) is 4. The summed E-state index contributed by atoms with van der Waals surface area (Å²) in [6.45, 7) is 0.0927. The number of alkyl halides is 3. The van der Waals surface area contributed by atoms with E-state index in [9.17, 15) is 13.2 Å². The van der Waals surface area contributed by atoms with Gasteiger partial charge in [-0.15, -0.1) is 0 Å². The number of nitrogens with zero attached hydrogens (tertiary/aromatic N) is 2. The van der Waals surface area contributed by atoms with E-state index < -0.39 is 11.7 Å². The molecular weight excluding hydrogens is 321 g/mol. The van der Waals surface area contributed by atoms with E-state index in [1.54, 1.807) is 24.3 Å². The van der Waals surface area contributed by atoms with Crippen molar-refractivity contribution in [3.63, 3.8) is 0 Å². The molecule has 0 aliphatic rings. The van der Waals surface area contributed by atoms with E-state index in [4.69, 9.17) is 10.5 Å². The van der Waals surface area contributed by atoms with E-state index in [1.165, 1.54) is 12.1 Å². The lowest BCUT2D eigenvalue weighted by atomic mass is 10.1. The van der Waals surface area contributed by atoms with Crippen LogP contribution in [0.2, 0.25) is 0 Å². The summed E-state index contributed by atoms with van der Waals surface area (Å²) in [5.41, 5.74) is 5.74. The van der Waals surface area contributed by atoms with Crippen LogP contribution in [-0.2, 0) is 12.8 Å². The number of aromatic amines is 1. The molecule has 5 nitrogen and oxygen atoms in total. The number of rotatable bonds is 4. The Hall–Kier alpha value is -3.03. The van der Waals surface area contributed by atoms with Crippen LogP contribution in [0.1, 0.15) is 11.4 Å². The first kappa shape index (κ1) is 15.9. The number of aromatic nitrogens is 3. The summed E-state index contributed by atoms with van der Waals surface area (Å²) < 4.78 is 43.8. The maximum Gasteiger partial charge on any atom is 0.416 e. The first-order valence-electron chi connectivity index (χ1n) is 6.99. The lowest BCUT2D eigenvalue weighted by molar-refractivity contribution is -0.137. The van der Waals surface area contributed by atoms with Gasteiger partial charge in [-0.3, -0.25) is 5.10 Å². The predicted octanol–water partition coefficient (Wildman–Crippen LogP) is 3.65. The number of halogens is 3. The summed E-state index contributed by atoms with van der Waals surface area (Å²) in [6.07, 6.45) is -4.41. The zero-order chi connectivity index (χ0) is 17.2. The average molecular weight is 334 g/mol. The van der Waals surface area contributed by atoms with Crippen LogP contribution in [0.25, 0.3) is 11.4 Å². The molecule has 8 heteroatoms.